The van der Waals surface area contributed by atoms with Crippen molar-refractivity contribution in [3.63, 3.8) is 0 Å². The van der Waals surface area contributed by atoms with Gasteiger partial charge in [0.25, 0.3) is 0 Å². The second-order valence-electron chi connectivity index (χ2n) is 0.283. The minimum atomic E-state index is -3.13. The van der Waals surface area contributed by atoms with Crippen LogP contribution in [0.3, 0.4) is 0 Å². The van der Waals surface area contributed by atoms with E-state index >= 15 is 0 Å². The topological polar surface area (TPSA) is 92.5 Å². The second kappa shape index (κ2) is 9.28. The van der Waals surface area contributed by atoms with E-state index in [0.29, 0.717) is 0 Å². The predicted octanol–water partition coefficient (Wildman–Crippen LogP) is -1.61. The average molecular weight is 137 g/mol. The zero-order chi connectivity index (χ0) is 3.58. The molecule has 0 radical (unpaired) electrons. The Kier molecular flexibility index (Phi) is 24.5. The van der Waals surface area contributed by atoms with Gasteiger partial charge in [0.1, 0.15) is 0 Å². The Morgan fingerprint density at radius 2 is 1.50 bits per heavy atom. The van der Waals surface area contributed by atoms with E-state index in [2.05, 4.69) is 0 Å². The summed E-state index contributed by atoms with van der Waals surface area (Å²) in [5.74, 6) is 0. The molecule has 6 heavy (non-hydrogen) atoms. The summed E-state index contributed by atoms with van der Waals surface area (Å²) in [6.07, 6.45) is 0. The van der Waals surface area contributed by atoms with Crippen LogP contribution in [0.2, 0.25) is 0 Å². The largest absolute Gasteiger partial charge is 2.00 e. The predicted molar refractivity (Wildman–Crippen MR) is 23.9 cm³/mol. The monoisotopic (exact) mass is 137 g/mol. The Balaban J connectivity index is -0.00000000750. The van der Waals surface area contributed by atoms with Gasteiger partial charge in [-0.15, -0.1) is 0 Å². The van der Waals surface area contributed by atoms with Crippen molar-refractivity contribution >= 4 is 46.9 Å². The summed E-state index contributed by atoms with van der Waals surface area (Å²) in [5, 5.41) is 0. The van der Waals surface area contributed by atoms with Gasteiger partial charge >= 0.3 is 46.9 Å². The minimum Gasteiger partial charge on any atom is -1.00 e. The molecule has 0 saturated heterocycles. The smallest absolute Gasteiger partial charge is 1.00 e. The van der Waals surface area contributed by atoms with Crippen LogP contribution < -0.4 is 6.15 Å². The van der Waals surface area contributed by atoms with Gasteiger partial charge in [-0.25, -0.2) is 0 Å². The van der Waals surface area contributed by atoms with Crippen LogP contribution in [0.5, 0.6) is 0 Å². The molecule has 0 rings (SSSR count). The molecule has 0 unspecified atom stereocenters. The van der Waals surface area contributed by atoms with Crippen LogP contribution in [0.25, 0.3) is 0 Å². The van der Waals surface area contributed by atoms with E-state index in [1.165, 1.54) is 0 Å². The number of hydrogen-bond acceptors (Lipinski definition) is 2. The number of rotatable bonds is 0. The van der Waals surface area contributed by atoms with E-state index in [9.17, 15) is 0 Å². The molecular weight excluding hydrogens is 130 g/mol. The van der Waals surface area contributed by atoms with Gasteiger partial charge in [0, 0.05) is 0 Å². The SMILES string of the molecule is N.O=[Si](O)O.[Ca+2].[H-].[H-]. The zero-order valence-electron chi connectivity index (χ0n) is 5.22. The van der Waals surface area contributed by atoms with E-state index in [0.717, 1.165) is 0 Å². The molecule has 0 aromatic carbocycles. The summed E-state index contributed by atoms with van der Waals surface area (Å²) in [4.78, 5) is 14.3. The summed E-state index contributed by atoms with van der Waals surface area (Å²) < 4.78 is 8.74. The van der Waals surface area contributed by atoms with Crippen LogP contribution in [-0.2, 0) is 4.46 Å². The fourth-order valence-electron chi connectivity index (χ4n) is 0. The molecule has 0 atom stereocenters. The quantitative estimate of drug-likeness (QED) is 0.350. The van der Waals surface area contributed by atoms with Crippen LogP contribution in [0.4, 0.5) is 0 Å². The molecule has 0 fully saturated rings. The van der Waals surface area contributed by atoms with E-state index < -0.39 is 9.17 Å². The van der Waals surface area contributed by atoms with Crippen molar-refractivity contribution in [2.24, 2.45) is 0 Å². The molecule has 0 saturated carbocycles. The second-order valence-corrected chi connectivity index (χ2v) is 0.848. The van der Waals surface area contributed by atoms with Crippen LogP contribution in [-0.4, -0.2) is 56.5 Å². The van der Waals surface area contributed by atoms with Gasteiger partial charge in [-0.1, -0.05) is 0 Å². The van der Waals surface area contributed by atoms with Crippen molar-refractivity contribution in [2.75, 3.05) is 0 Å². The van der Waals surface area contributed by atoms with Gasteiger partial charge in [-0.05, 0) is 0 Å². The fraction of sp³-hybridized carbons (Fsp3) is 0. The van der Waals surface area contributed by atoms with E-state index in [1.54, 1.807) is 0 Å². The van der Waals surface area contributed by atoms with Crippen molar-refractivity contribution in [3.8, 4) is 0 Å². The van der Waals surface area contributed by atoms with Gasteiger partial charge in [-0.3, -0.25) is 4.46 Å². The first-order valence-electron chi connectivity index (χ1n) is 0.651. The van der Waals surface area contributed by atoms with Crippen molar-refractivity contribution in [3.05, 3.63) is 0 Å². The maximum Gasteiger partial charge on any atom is 2.00 e. The Morgan fingerprint density at radius 3 is 1.50 bits per heavy atom. The third-order valence-corrected chi connectivity index (χ3v) is 0. The first-order valence-corrected chi connectivity index (χ1v) is 1.95. The normalized spacial score (nSPS) is 4.00. The van der Waals surface area contributed by atoms with Crippen LogP contribution >= 0.6 is 0 Å². The summed E-state index contributed by atoms with van der Waals surface area (Å²) in [6.45, 7) is 0. The van der Waals surface area contributed by atoms with E-state index in [4.69, 9.17) is 14.1 Å². The van der Waals surface area contributed by atoms with E-state index in [-0.39, 0.29) is 46.7 Å². The molecule has 36 valence electrons. The Labute approximate surface area is 69.6 Å². The molecule has 0 aliphatic rings. The van der Waals surface area contributed by atoms with Gasteiger partial charge in [-0.2, -0.15) is 0 Å². The van der Waals surface area contributed by atoms with Crippen LogP contribution in [0.1, 0.15) is 2.85 Å². The molecule has 0 amide bonds. The number of hydrogen-bond donors (Lipinski definition) is 3. The zero-order valence-corrected chi connectivity index (χ0v) is 6.43. The maximum absolute atomic E-state index is 8.74. The van der Waals surface area contributed by atoms with Gasteiger partial charge in [0.05, 0.1) is 0 Å². The Hall–Kier alpha value is 0.837. The Morgan fingerprint density at radius 1 is 1.50 bits per heavy atom. The summed E-state index contributed by atoms with van der Waals surface area (Å²) in [5.41, 5.74) is 0. The molecule has 5 N–H and O–H groups in total. The first kappa shape index (κ1) is 15.8. The van der Waals surface area contributed by atoms with Crippen molar-refractivity contribution in [2.45, 2.75) is 0 Å². The first-order chi connectivity index (χ1) is 1.73. The molecule has 6 heteroatoms. The van der Waals surface area contributed by atoms with Gasteiger partial charge in [0.15, 0.2) is 0 Å². The van der Waals surface area contributed by atoms with Gasteiger partial charge < -0.3 is 18.6 Å². The van der Waals surface area contributed by atoms with E-state index in [1.807, 2.05) is 0 Å². The van der Waals surface area contributed by atoms with Crippen molar-refractivity contribution in [1.29, 1.82) is 0 Å². The molecule has 0 aliphatic carbocycles. The van der Waals surface area contributed by atoms with Crippen LogP contribution in [0, 0.1) is 0 Å². The summed E-state index contributed by atoms with van der Waals surface area (Å²) >= 11 is 0. The molecule has 4 nitrogen and oxygen atoms in total. The summed E-state index contributed by atoms with van der Waals surface area (Å²) in [6, 6.07) is 0. The minimum absolute atomic E-state index is 0. The third kappa shape index (κ3) is 102. The average Bonchev–Trinajstić information content (AvgIpc) is 0.811. The standard InChI is InChI=1S/Ca.H3N.H2O3Si.2H/c;;1-4(2)3;;/h;1H3;1-2H;;/q+2;;;2*-1. The molecule has 0 heterocycles. The summed E-state index contributed by atoms with van der Waals surface area (Å²) in [7, 11) is -3.13. The molecule has 0 spiro atoms. The van der Waals surface area contributed by atoms with Gasteiger partial charge in [0.2, 0.25) is 0 Å². The molecule has 0 aromatic heterocycles. The third-order valence-electron chi connectivity index (χ3n) is 0. The fourth-order valence-corrected chi connectivity index (χ4v) is 0. The van der Waals surface area contributed by atoms with Crippen LogP contribution in [0.15, 0.2) is 0 Å². The maximum atomic E-state index is 8.74. The molecule has 0 aromatic rings. The van der Waals surface area contributed by atoms with Crippen molar-refractivity contribution in [1.82, 2.24) is 6.15 Å². The Bertz CT molecular complexity index is 40.3. The molecule has 0 bridgehead atoms. The van der Waals surface area contributed by atoms with Crippen molar-refractivity contribution < 1.29 is 16.9 Å². The molecule has 0 aliphatic heterocycles. The molecular formula is H7CaNO3Si.